The highest BCUT2D eigenvalue weighted by molar-refractivity contribution is 6.30. The maximum absolute atomic E-state index is 6.27. The zero-order valence-corrected chi connectivity index (χ0v) is 12.6. The number of hydrogen-bond acceptors (Lipinski definition) is 2. The Morgan fingerprint density at radius 2 is 2.16 bits per heavy atom. The summed E-state index contributed by atoms with van der Waals surface area (Å²) < 4.78 is 0. The second-order valence-electron chi connectivity index (χ2n) is 5.69. The van der Waals surface area contributed by atoms with Crippen molar-refractivity contribution in [3.63, 3.8) is 0 Å². The number of rotatable bonds is 8. The van der Waals surface area contributed by atoms with Gasteiger partial charge in [0.05, 0.1) is 0 Å². The standard InChI is InChI=1S/C16H25ClN2/c1-2-9-19(12-13-6-7-13)10-8-16(18)14-4-3-5-15(17)11-14/h3-5,11,13,16H,2,6-10,12,18H2,1H3. The predicted molar refractivity (Wildman–Crippen MR) is 82.5 cm³/mol. The molecular formula is C16H25ClN2. The van der Waals surface area contributed by atoms with Crippen molar-refractivity contribution in [3.8, 4) is 0 Å². The maximum atomic E-state index is 6.27. The molecule has 2 N–H and O–H groups in total. The lowest BCUT2D eigenvalue weighted by Crippen LogP contribution is -2.30. The lowest BCUT2D eigenvalue weighted by Gasteiger charge is -2.23. The van der Waals surface area contributed by atoms with Crippen molar-refractivity contribution in [1.82, 2.24) is 4.90 Å². The van der Waals surface area contributed by atoms with Gasteiger partial charge in [-0.1, -0.05) is 30.7 Å². The number of halogens is 1. The second kappa shape index (κ2) is 7.28. The van der Waals surface area contributed by atoms with E-state index in [2.05, 4.69) is 17.9 Å². The molecule has 1 unspecified atom stereocenters. The van der Waals surface area contributed by atoms with E-state index >= 15 is 0 Å². The van der Waals surface area contributed by atoms with Crippen LogP contribution >= 0.6 is 11.6 Å². The fraction of sp³-hybridized carbons (Fsp3) is 0.625. The first-order valence-electron chi connectivity index (χ1n) is 7.42. The third-order valence-electron chi connectivity index (χ3n) is 3.79. The van der Waals surface area contributed by atoms with Crippen molar-refractivity contribution in [2.45, 2.75) is 38.6 Å². The molecule has 19 heavy (non-hydrogen) atoms. The molecule has 0 bridgehead atoms. The van der Waals surface area contributed by atoms with E-state index in [4.69, 9.17) is 17.3 Å². The van der Waals surface area contributed by atoms with E-state index in [0.717, 1.165) is 29.5 Å². The van der Waals surface area contributed by atoms with Crippen LogP contribution in [0.3, 0.4) is 0 Å². The van der Waals surface area contributed by atoms with E-state index in [0.29, 0.717) is 0 Å². The van der Waals surface area contributed by atoms with Gasteiger partial charge in [0.1, 0.15) is 0 Å². The van der Waals surface area contributed by atoms with Crippen molar-refractivity contribution < 1.29 is 0 Å². The van der Waals surface area contributed by atoms with Crippen LogP contribution in [0.2, 0.25) is 5.02 Å². The minimum absolute atomic E-state index is 0.0947. The van der Waals surface area contributed by atoms with Gasteiger partial charge in [-0.2, -0.15) is 0 Å². The minimum Gasteiger partial charge on any atom is -0.324 e. The summed E-state index contributed by atoms with van der Waals surface area (Å²) in [5, 5.41) is 0.774. The molecule has 1 fully saturated rings. The van der Waals surface area contributed by atoms with Gasteiger partial charge in [0, 0.05) is 17.6 Å². The smallest absolute Gasteiger partial charge is 0.0409 e. The largest absolute Gasteiger partial charge is 0.324 e. The Morgan fingerprint density at radius 1 is 1.37 bits per heavy atom. The number of benzene rings is 1. The first-order chi connectivity index (χ1) is 9.19. The maximum Gasteiger partial charge on any atom is 0.0409 e. The summed E-state index contributed by atoms with van der Waals surface area (Å²) in [6.45, 7) is 5.80. The van der Waals surface area contributed by atoms with Crippen LogP contribution in [0.25, 0.3) is 0 Å². The minimum atomic E-state index is 0.0947. The van der Waals surface area contributed by atoms with E-state index in [1.807, 2.05) is 18.2 Å². The average Bonchev–Trinajstić information content (AvgIpc) is 3.20. The Kier molecular flexibility index (Phi) is 5.68. The van der Waals surface area contributed by atoms with Crippen LogP contribution in [0.15, 0.2) is 24.3 Å². The zero-order chi connectivity index (χ0) is 13.7. The molecule has 1 aromatic carbocycles. The molecule has 1 aliphatic rings. The molecular weight excluding hydrogens is 256 g/mol. The van der Waals surface area contributed by atoms with Gasteiger partial charge in [0.2, 0.25) is 0 Å². The molecule has 0 aromatic heterocycles. The van der Waals surface area contributed by atoms with Crippen molar-refractivity contribution in [2.75, 3.05) is 19.6 Å². The summed E-state index contributed by atoms with van der Waals surface area (Å²) in [5.41, 5.74) is 7.42. The normalized spacial score (nSPS) is 16.8. The molecule has 1 aromatic rings. The number of hydrogen-bond donors (Lipinski definition) is 1. The molecule has 1 saturated carbocycles. The fourth-order valence-corrected chi connectivity index (χ4v) is 2.70. The van der Waals surface area contributed by atoms with E-state index in [1.165, 1.54) is 32.4 Å². The summed E-state index contributed by atoms with van der Waals surface area (Å²) in [6.07, 6.45) is 5.06. The Bertz CT molecular complexity index is 390. The second-order valence-corrected chi connectivity index (χ2v) is 6.13. The van der Waals surface area contributed by atoms with Crippen LogP contribution in [0, 0.1) is 5.92 Å². The molecule has 2 nitrogen and oxygen atoms in total. The monoisotopic (exact) mass is 280 g/mol. The van der Waals surface area contributed by atoms with Gasteiger partial charge in [0.25, 0.3) is 0 Å². The lowest BCUT2D eigenvalue weighted by atomic mass is 10.0. The Morgan fingerprint density at radius 3 is 2.79 bits per heavy atom. The highest BCUT2D eigenvalue weighted by Crippen LogP contribution is 2.30. The van der Waals surface area contributed by atoms with Gasteiger partial charge in [-0.25, -0.2) is 0 Å². The van der Waals surface area contributed by atoms with Crippen molar-refractivity contribution in [3.05, 3.63) is 34.9 Å². The molecule has 2 rings (SSSR count). The molecule has 0 radical (unpaired) electrons. The first kappa shape index (κ1) is 14.8. The molecule has 0 spiro atoms. The summed E-state index contributed by atoms with van der Waals surface area (Å²) in [6, 6.07) is 8.02. The van der Waals surface area contributed by atoms with Crippen LogP contribution in [-0.4, -0.2) is 24.5 Å². The quantitative estimate of drug-likeness (QED) is 0.784. The van der Waals surface area contributed by atoms with E-state index < -0.39 is 0 Å². The number of nitrogens with zero attached hydrogens (tertiary/aromatic N) is 1. The summed E-state index contributed by atoms with van der Waals surface area (Å²) in [5.74, 6) is 0.953. The van der Waals surface area contributed by atoms with Crippen molar-refractivity contribution in [1.29, 1.82) is 0 Å². The van der Waals surface area contributed by atoms with Crippen molar-refractivity contribution in [2.24, 2.45) is 11.7 Å². The van der Waals surface area contributed by atoms with Crippen LogP contribution in [0.4, 0.5) is 0 Å². The summed E-state index contributed by atoms with van der Waals surface area (Å²) in [4.78, 5) is 2.57. The molecule has 0 saturated heterocycles. The third-order valence-corrected chi connectivity index (χ3v) is 4.02. The van der Waals surface area contributed by atoms with Crippen LogP contribution in [0.1, 0.15) is 44.2 Å². The van der Waals surface area contributed by atoms with Crippen LogP contribution in [0.5, 0.6) is 0 Å². The third kappa shape index (κ3) is 5.13. The van der Waals surface area contributed by atoms with Gasteiger partial charge >= 0.3 is 0 Å². The molecule has 1 atom stereocenters. The summed E-state index contributed by atoms with van der Waals surface area (Å²) in [7, 11) is 0. The van der Waals surface area contributed by atoms with Gasteiger partial charge in [-0.3, -0.25) is 0 Å². The average molecular weight is 281 g/mol. The van der Waals surface area contributed by atoms with E-state index in [1.54, 1.807) is 0 Å². The molecule has 0 heterocycles. The highest BCUT2D eigenvalue weighted by Gasteiger charge is 2.24. The molecule has 1 aliphatic carbocycles. The molecule has 0 amide bonds. The summed E-state index contributed by atoms with van der Waals surface area (Å²) >= 11 is 6.01. The van der Waals surface area contributed by atoms with Crippen LogP contribution < -0.4 is 5.73 Å². The van der Waals surface area contributed by atoms with Gasteiger partial charge < -0.3 is 10.6 Å². The Balaban J connectivity index is 1.81. The van der Waals surface area contributed by atoms with Crippen LogP contribution in [-0.2, 0) is 0 Å². The topological polar surface area (TPSA) is 29.3 Å². The molecule has 0 aliphatic heterocycles. The Labute approximate surface area is 121 Å². The van der Waals surface area contributed by atoms with E-state index in [-0.39, 0.29) is 6.04 Å². The number of nitrogens with two attached hydrogens (primary N) is 1. The van der Waals surface area contributed by atoms with E-state index in [9.17, 15) is 0 Å². The van der Waals surface area contributed by atoms with Gasteiger partial charge in [-0.05, 0) is 62.4 Å². The zero-order valence-electron chi connectivity index (χ0n) is 11.8. The SMILES string of the molecule is CCCN(CCC(N)c1cccc(Cl)c1)CC1CC1. The predicted octanol–water partition coefficient (Wildman–Crippen LogP) is 3.85. The fourth-order valence-electron chi connectivity index (χ4n) is 2.50. The van der Waals surface area contributed by atoms with Gasteiger partial charge in [-0.15, -0.1) is 0 Å². The highest BCUT2D eigenvalue weighted by atomic mass is 35.5. The first-order valence-corrected chi connectivity index (χ1v) is 7.80. The van der Waals surface area contributed by atoms with Gasteiger partial charge in [0.15, 0.2) is 0 Å². The molecule has 3 heteroatoms. The lowest BCUT2D eigenvalue weighted by molar-refractivity contribution is 0.253. The van der Waals surface area contributed by atoms with Crippen molar-refractivity contribution >= 4 is 11.6 Å². The Hall–Kier alpha value is -0.570. The molecule has 106 valence electrons.